The standard InChI is InChI=1S/C25H25Cl2N3O2/c1-16(2)25(32)30-14-12-29(13-15-30)23-21(27)10-5-11-22(23)28-24(31)19-8-3-7-18-17(19)6-4-9-20(18)26/h3-11,16H,12-15H2,1-2H3,(H,28,31). The first-order chi connectivity index (χ1) is 15.4. The fraction of sp³-hybridized carbons (Fsp3) is 0.280. The van der Waals surface area contributed by atoms with Gasteiger partial charge in [-0.2, -0.15) is 0 Å². The molecule has 1 N–H and O–H groups in total. The van der Waals surface area contributed by atoms with Crippen LogP contribution in [0.1, 0.15) is 24.2 Å². The van der Waals surface area contributed by atoms with E-state index in [-0.39, 0.29) is 17.7 Å². The van der Waals surface area contributed by atoms with Gasteiger partial charge in [0, 0.05) is 48.1 Å². The zero-order valence-electron chi connectivity index (χ0n) is 18.1. The van der Waals surface area contributed by atoms with Crippen molar-refractivity contribution in [2.75, 3.05) is 36.4 Å². The molecule has 0 unspecified atom stereocenters. The van der Waals surface area contributed by atoms with Crippen molar-refractivity contribution in [3.8, 4) is 0 Å². The van der Waals surface area contributed by atoms with Crippen molar-refractivity contribution < 1.29 is 9.59 Å². The second kappa shape index (κ2) is 9.39. The number of fused-ring (bicyclic) bond motifs is 1. The molecule has 1 fully saturated rings. The summed E-state index contributed by atoms with van der Waals surface area (Å²) in [6.45, 7) is 6.37. The van der Waals surface area contributed by atoms with Crippen LogP contribution in [-0.2, 0) is 4.79 Å². The fourth-order valence-corrected chi connectivity index (χ4v) is 4.64. The lowest BCUT2D eigenvalue weighted by Gasteiger charge is -2.38. The summed E-state index contributed by atoms with van der Waals surface area (Å²) in [5, 5.41) is 5.83. The first kappa shape index (κ1) is 22.4. The number of hydrogen-bond acceptors (Lipinski definition) is 3. The van der Waals surface area contributed by atoms with E-state index in [0.717, 1.165) is 16.5 Å². The number of halogens is 2. The van der Waals surface area contributed by atoms with Gasteiger partial charge in [0.25, 0.3) is 5.91 Å². The molecule has 166 valence electrons. The number of hydrogen-bond donors (Lipinski definition) is 1. The normalized spacial score (nSPS) is 14.2. The van der Waals surface area contributed by atoms with Gasteiger partial charge in [-0.1, -0.05) is 67.4 Å². The molecule has 32 heavy (non-hydrogen) atoms. The van der Waals surface area contributed by atoms with E-state index in [1.807, 2.05) is 67.3 Å². The predicted octanol–water partition coefficient (Wildman–Crippen LogP) is 5.70. The molecule has 0 bridgehead atoms. The van der Waals surface area contributed by atoms with E-state index in [1.165, 1.54) is 0 Å². The minimum atomic E-state index is -0.227. The lowest BCUT2D eigenvalue weighted by Crippen LogP contribution is -2.50. The maximum Gasteiger partial charge on any atom is 0.256 e. The number of nitrogens with one attached hydrogen (secondary N) is 1. The first-order valence-corrected chi connectivity index (χ1v) is 11.4. The zero-order chi connectivity index (χ0) is 22.8. The van der Waals surface area contributed by atoms with Crippen LogP contribution < -0.4 is 10.2 Å². The number of anilines is 2. The smallest absolute Gasteiger partial charge is 0.256 e. The van der Waals surface area contributed by atoms with Gasteiger partial charge in [-0.3, -0.25) is 9.59 Å². The second-order valence-electron chi connectivity index (χ2n) is 8.20. The molecule has 1 aliphatic heterocycles. The van der Waals surface area contributed by atoms with Crippen LogP contribution in [0.4, 0.5) is 11.4 Å². The minimum Gasteiger partial charge on any atom is -0.365 e. The summed E-state index contributed by atoms with van der Waals surface area (Å²) >= 11 is 12.9. The van der Waals surface area contributed by atoms with Gasteiger partial charge < -0.3 is 15.1 Å². The van der Waals surface area contributed by atoms with E-state index in [1.54, 1.807) is 6.07 Å². The van der Waals surface area contributed by atoms with Crippen LogP contribution in [-0.4, -0.2) is 42.9 Å². The molecule has 0 spiro atoms. The van der Waals surface area contributed by atoms with E-state index < -0.39 is 0 Å². The summed E-state index contributed by atoms with van der Waals surface area (Å²) in [4.78, 5) is 29.6. The number of carbonyl (C=O) groups excluding carboxylic acids is 2. The Morgan fingerprint density at radius 1 is 0.844 bits per heavy atom. The molecule has 4 rings (SSSR count). The maximum atomic E-state index is 13.2. The van der Waals surface area contributed by atoms with Gasteiger partial charge in [0.2, 0.25) is 5.91 Å². The Bertz CT molecular complexity index is 1170. The van der Waals surface area contributed by atoms with Crippen LogP contribution in [0.25, 0.3) is 10.8 Å². The van der Waals surface area contributed by atoms with E-state index >= 15 is 0 Å². The van der Waals surface area contributed by atoms with Crippen LogP contribution in [0, 0.1) is 5.92 Å². The fourth-order valence-electron chi connectivity index (χ4n) is 4.11. The molecular formula is C25H25Cl2N3O2. The molecule has 0 saturated carbocycles. The predicted molar refractivity (Wildman–Crippen MR) is 132 cm³/mol. The highest BCUT2D eigenvalue weighted by molar-refractivity contribution is 6.36. The lowest BCUT2D eigenvalue weighted by molar-refractivity contribution is -0.134. The molecule has 0 aliphatic carbocycles. The number of benzene rings is 3. The molecule has 2 amide bonds. The SMILES string of the molecule is CC(C)C(=O)N1CCN(c2c(Cl)cccc2NC(=O)c2cccc3c(Cl)cccc23)CC1. The summed E-state index contributed by atoms with van der Waals surface area (Å²) in [6.07, 6.45) is 0. The molecule has 0 aromatic heterocycles. The highest BCUT2D eigenvalue weighted by Gasteiger charge is 2.26. The molecule has 3 aromatic rings. The second-order valence-corrected chi connectivity index (χ2v) is 9.01. The third kappa shape index (κ3) is 4.41. The zero-order valence-corrected chi connectivity index (χ0v) is 19.6. The quantitative estimate of drug-likeness (QED) is 0.532. The molecule has 1 aliphatic rings. The van der Waals surface area contributed by atoms with Gasteiger partial charge >= 0.3 is 0 Å². The largest absolute Gasteiger partial charge is 0.365 e. The average Bonchev–Trinajstić information content (AvgIpc) is 2.79. The Labute approximate surface area is 197 Å². The molecule has 0 atom stereocenters. The third-order valence-corrected chi connectivity index (χ3v) is 6.38. The Morgan fingerprint density at radius 3 is 2.19 bits per heavy atom. The topological polar surface area (TPSA) is 52.7 Å². The Morgan fingerprint density at radius 2 is 1.47 bits per heavy atom. The summed E-state index contributed by atoms with van der Waals surface area (Å²) in [6, 6.07) is 16.5. The van der Waals surface area contributed by atoms with E-state index in [0.29, 0.717) is 47.5 Å². The van der Waals surface area contributed by atoms with Gasteiger partial charge in [-0.05, 0) is 29.7 Å². The summed E-state index contributed by atoms with van der Waals surface area (Å²) < 4.78 is 0. The van der Waals surface area contributed by atoms with Crippen molar-refractivity contribution in [1.29, 1.82) is 0 Å². The van der Waals surface area contributed by atoms with Crippen molar-refractivity contribution in [3.63, 3.8) is 0 Å². The molecule has 5 nitrogen and oxygen atoms in total. The van der Waals surface area contributed by atoms with E-state index in [2.05, 4.69) is 10.2 Å². The summed E-state index contributed by atoms with van der Waals surface area (Å²) in [5.74, 6) is -0.0899. The lowest BCUT2D eigenvalue weighted by atomic mass is 10.0. The van der Waals surface area contributed by atoms with Crippen molar-refractivity contribution in [3.05, 3.63) is 70.2 Å². The van der Waals surface area contributed by atoms with Crippen LogP contribution in [0.5, 0.6) is 0 Å². The molecule has 3 aromatic carbocycles. The number of rotatable bonds is 4. The maximum absolute atomic E-state index is 13.2. The summed E-state index contributed by atoms with van der Waals surface area (Å²) in [5.41, 5.74) is 1.96. The highest BCUT2D eigenvalue weighted by atomic mass is 35.5. The highest BCUT2D eigenvalue weighted by Crippen LogP contribution is 2.35. The average molecular weight is 470 g/mol. The van der Waals surface area contributed by atoms with Crippen molar-refractivity contribution in [1.82, 2.24) is 4.90 Å². The first-order valence-electron chi connectivity index (χ1n) is 10.7. The van der Waals surface area contributed by atoms with E-state index in [9.17, 15) is 9.59 Å². The van der Waals surface area contributed by atoms with Gasteiger partial charge in [0.15, 0.2) is 0 Å². The molecule has 0 radical (unpaired) electrons. The van der Waals surface area contributed by atoms with Crippen LogP contribution in [0.15, 0.2) is 54.6 Å². The Kier molecular flexibility index (Phi) is 6.58. The number of nitrogens with zero attached hydrogens (tertiary/aromatic N) is 2. The van der Waals surface area contributed by atoms with Crippen molar-refractivity contribution in [2.24, 2.45) is 5.92 Å². The van der Waals surface area contributed by atoms with Gasteiger partial charge in [0.1, 0.15) is 0 Å². The Hall–Kier alpha value is -2.76. The molecule has 1 saturated heterocycles. The van der Waals surface area contributed by atoms with Crippen molar-refractivity contribution in [2.45, 2.75) is 13.8 Å². The van der Waals surface area contributed by atoms with Crippen molar-refractivity contribution >= 4 is 57.2 Å². The Balaban J connectivity index is 1.59. The number of amides is 2. The number of piperazine rings is 1. The molecule has 1 heterocycles. The van der Waals surface area contributed by atoms with Gasteiger partial charge in [-0.15, -0.1) is 0 Å². The number of carbonyl (C=O) groups is 2. The molecule has 7 heteroatoms. The monoisotopic (exact) mass is 469 g/mol. The van der Waals surface area contributed by atoms with Crippen LogP contribution in [0.3, 0.4) is 0 Å². The third-order valence-electron chi connectivity index (χ3n) is 5.75. The minimum absolute atomic E-state index is 0.0223. The van der Waals surface area contributed by atoms with Gasteiger partial charge in [0.05, 0.1) is 16.4 Å². The van der Waals surface area contributed by atoms with Crippen LogP contribution >= 0.6 is 23.2 Å². The van der Waals surface area contributed by atoms with Gasteiger partial charge in [-0.25, -0.2) is 0 Å². The van der Waals surface area contributed by atoms with E-state index in [4.69, 9.17) is 23.2 Å². The van der Waals surface area contributed by atoms with Crippen LogP contribution in [0.2, 0.25) is 10.0 Å². The number of para-hydroxylation sites is 1. The summed E-state index contributed by atoms with van der Waals surface area (Å²) in [7, 11) is 0. The molecular weight excluding hydrogens is 445 g/mol.